The Labute approximate surface area is 264 Å². The summed E-state index contributed by atoms with van der Waals surface area (Å²) in [7, 11) is 0. The standard InChI is InChI=1S/C39H50N2O3/c1-11-40-32-19-13-26(5)23-30(32)38(7,8)34(40)21-17-28-15-16-29(36(28)44-37(42)43-25(3)4)18-22-35-39(9,10)31-24-27(6)14-20-33(31)41(35)12-2/h13-14,17-25,34H,11-12,15-16H2,1-10H3/b21-17+,29-18+,35-22+. The molecule has 3 aliphatic rings. The van der Waals surface area contributed by atoms with Crippen molar-refractivity contribution in [2.45, 2.75) is 105 Å². The summed E-state index contributed by atoms with van der Waals surface area (Å²) in [6, 6.07) is 13.7. The molecule has 0 aromatic heterocycles. The van der Waals surface area contributed by atoms with Gasteiger partial charge < -0.3 is 19.3 Å². The van der Waals surface area contributed by atoms with Crippen molar-refractivity contribution in [1.82, 2.24) is 0 Å². The predicted octanol–water partition coefficient (Wildman–Crippen LogP) is 9.58. The molecule has 1 atom stereocenters. The molecule has 0 saturated carbocycles. The van der Waals surface area contributed by atoms with Crippen LogP contribution in [0.3, 0.4) is 0 Å². The van der Waals surface area contributed by atoms with Gasteiger partial charge in [0.15, 0.2) is 0 Å². The van der Waals surface area contributed by atoms with E-state index in [9.17, 15) is 4.79 Å². The van der Waals surface area contributed by atoms with Gasteiger partial charge in [0.2, 0.25) is 0 Å². The summed E-state index contributed by atoms with van der Waals surface area (Å²) in [6.45, 7) is 23.5. The molecule has 44 heavy (non-hydrogen) atoms. The fourth-order valence-electron chi connectivity index (χ4n) is 7.30. The summed E-state index contributed by atoms with van der Waals surface area (Å²) in [5.41, 5.74) is 11.0. The van der Waals surface area contributed by atoms with Crippen molar-refractivity contribution in [3.63, 3.8) is 0 Å². The molecular formula is C39H50N2O3. The lowest BCUT2D eigenvalue weighted by molar-refractivity contribution is 0.0548. The molecule has 0 spiro atoms. The average molecular weight is 595 g/mol. The second-order valence-electron chi connectivity index (χ2n) is 13.8. The first-order valence-corrected chi connectivity index (χ1v) is 16.3. The first kappa shape index (κ1) is 31.7. The molecule has 5 nitrogen and oxygen atoms in total. The summed E-state index contributed by atoms with van der Waals surface area (Å²) >= 11 is 0. The molecule has 1 unspecified atom stereocenters. The molecule has 0 N–H and O–H groups in total. The molecule has 0 bridgehead atoms. The number of hydrogen-bond acceptors (Lipinski definition) is 5. The molecule has 0 radical (unpaired) electrons. The molecule has 2 aromatic rings. The van der Waals surface area contributed by atoms with E-state index in [1.165, 1.54) is 39.3 Å². The largest absolute Gasteiger partial charge is 0.514 e. The van der Waals surface area contributed by atoms with E-state index in [4.69, 9.17) is 9.47 Å². The molecule has 5 rings (SSSR count). The summed E-state index contributed by atoms with van der Waals surface area (Å²) in [4.78, 5) is 17.7. The van der Waals surface area contributed by atoms with Gasteiger partial charge in [-0.15, -0.1) is 0 Å². The van der Waals surface area contributed by atoms with Crippen molar-refractivity contribution in [3.05, 3.63) is 106 Å². The minimum Gasteiger partial charge on any atom is -0.431 e. The van der Waals surface area contributed by atoms with Crippen LogP contribution in [0, 0.1) is 13.8 Å². The second kappa shape index (κ2) is 12.0. The molecule has 0 saturated heterocycles. The Hall–Kier alpha value is -3.73. The monoisotopic (exact) mass is 594 g/mol. The lowest BCUT2D eigenvalue weighted by Crippen LogP contribution is -2.39. The molecule has 5 heteroatoms. The molecule has 234 valence electrons. The van der Waals surface area contributed by atoms with Crippen LogP contribution in [-0.4, -0.2) is 31.4 Å². The molecule has 2 heterocycles. The zero-order chi connectivity index (χ0) is 32.0. The third-order valence-corrected chi connectivity index (χ3v) is 9.62. The van der Waals surface area contributed by atoms with Crippen molar-refractivity contribution in [2.75, 3.05) is 22.9 Å². The van der Waals surface area contributed by atoms with Crippen molar-refractivity contribution in [1.29, 1.82) is 0 Å². The Morgan fingerprint density at radius 3 is 2.23 bits per heavy atom. The number of fused-ring (bicyclic) bond motifs is 2. The van der Waals surface area contributed by atoms with Gasteiger partial charge in [-0.1, -0.05) is 81.3 Å². The summed E-state index contributed by atoms with van der Waals surface area (Å²) in [5.74, 6) is 0.628. The number of likely N-dealkylation sites (N-methyl/N-ethyl adjacent to an activating group) is 2. The van der Waals surface area contributed by atoms with Crippen LogP contribution < -0.4 is 9.80 Å². The summed E-state index contributed by atoms with van der Waals surface area (Å²) in [6.07, 6.45) is 9.60. The van der Waals surface area contributed by atoms with Crippen LogP contribution in [0.1, 0.15) is 90.5 Å². The molecule has 0 fully saturated rings. The average Bonchev–Trinajstić information content (AvgIpc) is 3.50. The second-order valence-corrected chi connectivity index (χ2v) is 13.8. The van der Waals surface area contributed by atoms with Crippen molar-refractivity contribution < 1.29 is 14.3 Å². The predicted molar refractivity (Wildman–Crippen MR) is 183 cm³/mol. The van der Waals surface area contributed by atoms with Gasteiger partial charge in [0.1, 0.15) is 5.76 Å². The fourth-order valence-corrected chi connectivity index (χ4v) is 7.30. The van der Waals surface area contributed by atoms with Crippen LogP contribution in [0.15, 0.2) is 83.3 Å². The van der Waals surface area contributed by atoms with Crippen LogP contribution in [0.4, 0.5) is 16.2 Å². The van der Waals surface area contributed by atoms with Gasteiger partial charge >= 0.3 is 6.16 Å². The van der Waals surface area contributed by atoms with Crippen LogP contribution in [0.5, 0.6) is 0 Å². The highest BCUT2D eigenvalue weighted by molar-refractivity contribution is 5.72. The quantitative estimate of drug-likeness (QED) is 0.299. The number of rotatable bonds is 7. The molecule has 0 amide bonds. The number of benzene rings is 2. The van der Waals surface area contributed by atoms with E-state index in [-0.39, 0.29) is 23.0 Å². The van der Waals surface area contributed by atoms with Gasteiger partial charge in [-0.05, 0) is 94.9 Å². The highest BCUT2D eigenvalue weighted by Crippen LogP contribution is 2.49. The number of hydrogen-bond donors (Lipinski definition) is 0. The Bertz CT molecular complexity index is 1570. The van der Waals surface area contributed by atoms with Gasteiger partial charge in [-0.2, -0.15) is 0 Å². The molecule has 2 aliphatic heterocycles. The number of nitrogens with zero attached hydrogens (tertiary/aromatic N) is 2. The van der Waals surface area contributed by atoms with Gasteiger partial charge in [0.05, 0.1) is 12.1 Å². The Kier molecular flexibility index (Phi) is 8.63. The van der Waals surface area contributed by atoms with E-state index in [0.29, 0.717) is 5.76 Å². The van der Waals surface area contributed by atoms with Crippen LogP contribution in [0.25, 0.3) is 0 Å². The van der Waals surface area contributed by atoms with Gasteiger partial charge in [-0.25, -0.2) is 4.79 Å². The normalized spacial score (nSPS) is 22.1. The van der Waals surface area contributed by atoms with Gasteiger partial charge in [0, 0.05) is 41.0 Å². The van der Waals surface area contributed by atoms with E-state index in [2.05, 4.69) is 126 Å². The van der Waals surface area contributed by atoms with Crippen LogP contribution in [-0.2, 0) is 20.3 Å². The van der Waals surface area contributed by atoms with Crippen LogP contribution in [0.2, 0.25) is 0 Å². The number of carbonyl (C=O) groups excluding carboxylic acids is 1. The van der Waals surface area contributed by atoms with Crippen molar-refractivity contribution in [3.8, 4) is 0 Å². The van der Waals surface area contributed by atoms with Crippen molar-refractivity contribution >= 4 is 17.5 Å². The van der Waals surface area contributed by atoms with Gasteiger partial charge in [0.25, 0.3) is 0 Å². The van der Waals surface area contributed by atoms with E-state index in [1.807, 2.05) is 13.8 Å². The third kappa shape index (κ3) is 5.62. The molecule has 2 aromatic carbocycles. The topological polar surface area (TPSA) is 42.0 Å². The summed E-state index contributed by atoms with van der Waals surface area (Å²) < 4.78 is 11.4. The highest BCUT2D eigenvalue weighted by Gasteiger charge is 2.43. The zero-order valence-electron chi connectivity index (χ0n) is 28.4. The number of carbonyl (C=O) groups is 1. The lowest BCUT2D eigenvalue weighted by Gasteiger charge is -2.31. The Morgan fingerprint density at radius 1 is 0.932 bits per heavy atom. The smallest absolute Gasteiger partial charge is 0.431 e. The lowest BCUT2D eigenvalue weighted by atomic mass is 9.79. The van der Waals surface area contributed by atoms with Crippen LogP contribution >= 0.6 is 0 Å². The fraction of sp³-hybridized carbons (Fsp3) is 0.462. The maximum absolute atomic E-state index is 12.8. The third-order valence-electron chi connectivity index (χ3n) is 9.62. The van der Waals surface area contributed by atoms with E-state index >= 15 is 0 Å². The highest BCUT2D eigenvalue weighted by atomic mass is 16.7. The molecular weight excluding hydrogens is 544 g/mol. The SMILES string of the molecule is CCN1/C(=C/C=C2\CCC(/C=C/C3N(CC)c4ccc(C)cc4C3(C)C)=C2OC(=O)OC(C)C)C(C)(C)c2cc(C)ccc21. The number of aryl methyl sites for hydroxylation is 2. The van der Waals surface area contributed by atoms with E-state index in [1.54, 1.807) is 0 Å². The maximum Gasteiger partial charge on any atom is 0.514 e. The Morgan fingerprint density at radius 2 is 1.59 bits per heavy atom. The van der Waals surface area contributed by atoms with E-state index in [0.717, 1.165) is 37.1 Å². The first-order chi connectivity index (χ1) is 20.8. The zero-order valence-corrected chi connectivity index (χ0v) is 28.4. The van der Waals surface area contributed by atoms with E-state index < -0.39 is 6.16 Å². The van der Waals surface area contributed by atoms with Gasteiger partial charge in [-0.3, -0.25) is 0 Å². The first-order valence-electron chi connectivity index (χ1n) is 16.3. The number of anilines is 2. The number of allylic oxidation sites excluding steroid dienone is 6. The maximum atomic E-state index is 12.8. The minimum atomic E-state index is -0.653. The minimum absolute atomic E-state index is 0.0568. The van der Waals surface area contributed by atoms with Crippen molar-refractivity contribution in [2.24, 2.45) is 0 Å². The number of ether oxygens (including phenoxy) is 2. The molecule has 1 aliphatic carbocycles. The summed E-state index contributed by atoms with van der Waals surface area (Å²) in [5, 5.41) is 0. The Balaban J connectivity index is 1.52.